The summed E-state index contributed by atoms with van der Waals surface area (Å²) in [6.45, 7) is 13.8. The topological polar surface area (TPSA) is 70.1 Å². The second kappa shape index (κ2) is 10.1. The number of hydrogen-bond acceptors (Lipinski definition) is 4. The molecule has 36 heavy (non-hydrogen) atoms. The molecule has 0 amide bonds. The largest absolute Gasteiger partial charge is 0.283 e. The number of hydrogen-bond donors (Lipinski definition) is 0. The SMILES string of the molecule is [C-]#[N+]c1ccc(-n2cnc3cc(Br)ccc32)nc1.[C-]#[N+]c1ccc(-n2cnc3ccc(Br)cc32)nc1. The molecule has 4 heterocycles. The fourth-order valence-corrected chi connectivity index (χ4v) is 4.20. The highest BCUT2D eigenvalue weighted by molar-refractivity contribution is 9.10. The van der Waals surface area contributed by atoms with E-state index in [0.29, 0.717) is 11.4 Å². The molecule has 0 aliphatic carbocycles. The van der Waals surface area contributed by atoms with Gasteiger partial charge in [-0.25, -0.2) is 19.7 Å². The summed E-state index contributed by atoms with van der Waals surface area (Å²) in [5, 5.41) is 0. The Morgan fingerprint density at radius 3 is 1.72 bits per heavy atom. The molecule has 6 aromatic rings. The second-order valence-corrected chi connectivity index (χ2v) is 9.30. The molecule has 0 saturated carbocycles. The summed E-state index contributed by atoms with van der Waals surface area (Å²) >= 11 is 6.86. The van der Waals surface area contributed by atoms with Crippen LogP contribution in [0, 0.1) is 13.1 Å². The molecule has 0 unspecified atom stereocenters. The van der Waals surface area contributed by atoms with Gasteiger partial charge in [-0.1, -0.05) is 44.0 Å². The van der Waals surface area contributed by atoms with E-state index in [1.54, 1.807) is 37.2 Å². The molecule has 0 spiro atoms. The van der Waals surface area contributed by atoms with Crippen molar-refractivity contribution in [2.45, 2.75) is 0 Å². The van der Waals surface area contributed by atoms with Crippen LogP contribution in [0.5, 0.6) is 0 Å². The lowest BCUT2D eigenvalue weighted by atomic mass is 10.3. The van der Waals surface area contributed by atoms with E-state index in [4.69, 9.17) is 13.1 Å². The van der Waals surface area contributed by atoms with Crippen LogP contribution in [0.15, 0.2) is 94.7 Å². The zero-order chi connectivity index (χ0) is 25.1. The Hall–Kier alpha value is -4.38. The summed E-state index contributed by atoms with van der Waals surface area (Å²) in [7, 11) is 0. The van der Waals surface area contributed by atoms with Crippen LogP contribution in [0.25, 0.3) is 43.4 Å². The van der Waals surface area contributed by atoms with Gasteiger partial charge in [0.2, 0.25) is 11.4 Å². The average Bonchev–Trinajstić information content (AvgIpc) is 3.53. The maximum Gasteiger partial charge on any atom is 0.205 e. The summed E-state index contributed by atoms with van der Waals surface area (Å²) in [4.78, 5) is 23.8. The monoisotopic (exact) mass is 596 g/mol. The van der Waals surface area contributed by atoms with E-state index in [9.17, 15) is 0 Å². The van der Waals surface area contributed by atoms with Gasteiger partial charge in [0, 0.05) is 21.3 Å². The first-order valence-corrected chi connectivity index (χ1v) is 12.1. The van der Waals surface area contributed by atoms with Gasteiger partial charge in [0.15, 0.2) is 0 Å². The fourth-order valence-electron chi connectivity index (χ4n) is 3.51. The molecule has 6 rings (SSSR count). The Balaban J connectivity index is 0.000000148. The third-order valence-electron chi connectivity index (χ3n) is 5.23. The van der Waals surface area contributed by atoms with Crippen molar-refractivity contribution in [3.8, 4) is 11.6 Å². The van der Waals surface area contributed by atoms with Crippen LogP contribution in [0.3, 0.4) is 0 Å². The predicted molar refractivity (Wildman–Crippen MR) is 146 cm³/mol. The lowest BCUT2D eigenvalue weighted by molar-refractivity contribution is 1.02. The molecule has 10 heteroatoms. The van der Waals surface area contributed by atoms with Crippen molar-refractivity contribution >= 4 is 65.3 Å². The van der Waals surface area contributed by atoms with Gasteiger partial charge in [-0.15, -0.1) is 0 Å². The van der Waals surface area contributed by atoms with Crippen LogP contribution in [0.4, 0.5) is 11.4 Å². The minimum absolute atomic E-state index is 0.532. The maximum atomic E-state index is 6.91. The highest BCUT2D eigenvalue weighted by Crippen LogP contribution is 2.23. The fraction of sp³-hybridized carbons (Fsp3) is 0. The highest BCUT2D eigenvalue weighted by atomic mass is 79.9. The van der Waals surface area contributed by atoms with Gasteiger partial charge in [0.05, 0.1) is 35.2 Å². The Morgan fingerprint density at radius 1 is 0.583 bits per heavy atom. The number of benzene rings is 2. The lowest BCUT2D eigenvalue weighted by Gasteiger charge is -2.03. The molecule has 0 aliphatic rings. The van der Waals surface area contributed by atoms with E-state index in [1.165, 1.54) is 0 Å². The van der Waals surface area contributed by atoms with Crippen LogP contribution in [0.1, 0.15) is 0 Å². The van der Waals surface area contributed by atoms with Gasteiger partial charge in [-0.05, 0) is 48.5 Å². The van der Waals surface area contributed by atoms with E-state index in [-0.39, 0.29) is 0 Å². The standard InChI is InChI=1S/2C13H7BrN4/c1-15-10-3-5-13(16-7-10)18-8-17-11-6-9(14)2-4-12(11)18;1-15-10-3-5-13(16-7-10)18-8-17-11-4-2-9(14)6-12(11)18/h2*2-8H. The van der Waals surface area contributed by atoms with Gasteiger partial charge in [-0.2, -0.15) is 0 Å². The van der Waals surface area contributed by atoms with E-state index < -0.39 is 0 Å². The summed E-state index contributed by atoms with van der Waals surface area (Å²) in [5.41, 5.74) is 4.85. The van der Waals surface area contributed by atoms with E-state index in [0.717, 1.165) is 42.6 Å². The van der Waals surface area contributed by atoms with Crippen molar-refractivity contribution in [2.75, 3.05) is 0 Å². The van der Waals surface area contributed by atoms with Crippen LogP contribution in [-0.2, 0) is 0 Å². The number of aromatic nitrogens is 6. The number of nitrogens with zero attached hydrogens (tertiary/aromatic N) is 8. The Labute approximate surface area is 222 Å². The molecular formula is C26H14Br2N8. The molecule has 8 nitrogen and oxygen atoms in total. The zero-order valence-electron chi connectivity index (χ0n) is 18.4. The Morgan fingerprint density at radius 2 is 1.14 bits per heavy atom. The van der Waals surface area contributed by atoms with Crippen molar-refractivity contribution < 1.29 is 0 Å². The van der Waals surface area contributed by atoms with E-state index in [1.807, 2.05) is 57.7 Å². The van der Waals surface area contributed by atoms with Crippen molar-refractivity contribution in [3.63, 3.8) is 0 Å². The lowest BCUT2D eigenvalue weighted by Crippen LogP contribution is -1.94. The van der Waals surface area contributed by atoms with Crippen molar-refractivity contribution in [1.82, 2.24) is 29.1 Å². The molecule has 0 fully saturated rings. The average molecular weight is 598 g/mol. The highest BCUT2D eigenvalue weighted by Gasteiger charge is 2.07. The molecule has 4 aromatic heterocycles. The molecule has 0 bridgehead atoms. The smallest absolute Gasteiger partial charge is 0.205 e. The van der Waals surface area contributed by atoms with Gasteiger partial charge in [-0.3, -0.25) is 19.1 Å². The van der Waals surface area contributed by atoms with Gasteiger partial charge >= 0.3 is 0 Å². The minimum atomic E-state index is 0.532. The van der Waals surface area contributed by atoms with E-state index in [2.05, 4.69) is 61.5 Å². The maximum absolute atomic E-state index is 6.91. The molecule has 2 aromatic carbocycles. The van der Waals surface area contributed by atoms with Gasteiger partial charge in [0.1, 0.15) is 24.3 Å². The molecule has 0 N–H and O–H groups in total. The van der Waals surface area contributed by atoms with Crippen molar-refractivity contribution in [1.29, 1.82) is 0 Å². The Kier molecular flexibility index (Phi) is 6.54. The summed E-state index contributed by atoms with van der Waals surface area (Å²) < 4.78 is 5.79. The second-order valence-electron chi connectivity index (χ2n) is 7.47. The number of pyridine rings is 2. The molecule has 0 radical (unpaired) electrons. The number of fused-ring (bicyclic) bond motifs is 2. The number of halogens is 2. The van der Waals surface area contributed by atoms with Crippen molar-refractivity contribution in [2.24, 2.45) is 0 Å². The molecular weight excluding hydrogens is 584 g/mol. The van der Waals surface area contributed by atoms with Crippen LogP contribution < -0.4 is 0 Å². The molecule has 0 atom stereocenters. The van der Waals surface area contributed by atoms with Crippen molar-refractivity contribution in [3.05, 3.63) is 117 Å². The summed E-state index contributed by atoms with van der Waals surface area (Å²) in [6.07, 6.45) is 6.59. The van der Waals surface area contributed by atoms with Crippen LogP contribution >= 0.6 is 31.9 Å². The molecule has 0 saturated heterocycles. The van der Waals surface area contributed by atoms with Gasteiger partial charge in [0.25, 0.3) is 0 Å². The Bertz CT molecular complexity index is 1770. The molecule has 0 aliphatic heterocycles. The quantitative estimate of drug-likeness (QED) is 0.194. The van der Waals surface area contributed by atoms with Crippen LogP contribution in [0.2, 0.25) is 0 Å². The summed E-state index contributed by atoms with van der Waals surface area (Å²) in [6, 6.07) is 18.9. The zero-order valence-corrected chi connectivity index (χ0v) is 21.6. The predicted octanol–water partition coefficient (Wildman–Crippen LogP) is 7.47. The van der Waals surface area contributed by atoms with E-state index >= 15 is 0 Å². The third-order valence-corrected chi connectivity index (χ3v) is 6.22. The first-order valence-electron chi connectivity index (χ1n) is 10.5. The first-order chi connectivity index (χ1) is 17.6. The number of rotatable bonds is 2. The minimum Gasteiger partial charge on any atom is -0.283 e. The normalized spacial score (nSPS) is 10.4. The summed E-state index contributed by atoms with van der Waals surface area (Å²) in [5.74, 6) is 1.51. The first kappa shape index (κ1) is 23.4. The van der Waals surface area contributed by atoms with Crippen LogP contribution in [-0.4, -0.2) is 29.1 Å². The molecule has 172 valence electrons. The van der Waals surface area contributed by atoms with Gasteiger partial charge < -0.3 is 0 Å². The number of imidazole rings is 2. The third kappa shape index (κ3) is 4.73.